The molecular formula is C11H14BrClN2O2S. The molecule has 1 atom stereocenters. The summed E-state index contributed by atoms with van der Waals surface area (Å²) in [6, 6.07) is 4.63. The van der Waals surface area contributed by atoms with E-state index >= 15 is 0 Å². The van der Waals surface area contributed by atoms with Gasteiger partial charge in [-0.15, -0.1) is 0 Å². The smallest absolute Gasteiger partial charge is 0.243 e. The van der Waals surface area contributed by atoms with Crippen molar-refractivity contribution in [2.24, 2.45) is 0 Å². The largest absolute Gasteiger partial charge is 0.314 e. The third kappa shape index (κ3) is 2.72. The highest BCUT2D eigenvalue weighted by Crippen LogP contribution is 2.27. The van der Waals surface area contributed by atoms with Crippen LogP contribution in [-0.4, -0.2) is 38.4 Å². The Balaban J connectivity index is 2.37. The van der Waals surface area contributed by atoms with E-state index in [-0.39, 0.29) is 10.9 Å². The average molecular weight is 354 g/mol. The van der Waals surface area contributed by atoms with Crippen LogP contribution >= 0.6 is 27.5 Å². The molecule has 0 unspecified atom stereocenters. The summed E-state index contributed by atoms with van der Waals surface area (Å²) in [6.07, 6.45) is 0. The number of sulfonamides is 1. The summed E-state index contributed by atoms with van der Waals surface area (Å²) in [6.45, 7) is 3.74. The highest BCUT2D eigenvalue weighted by molar-refractivity contribution is 9.10. The van der Waals surface area contributed by atoms with Gasteiger partial charge in [0.2, 0.25) is 10.0 Å². The second-order valence-electron chi connectivity index (χ2n) is 4.24. The lowest BCUT2D eigenvalue weighted by Crippen LogP contribution is -2.52. The fourth-order valence-electron chi connectivity index (χ4n) is 1.95. The number of nitrogens with zero attached hydrogens (tertiary/aromatic N) is 1. The van der Waals surface area contributed by atoms with E-state index < -0.39 is 10.0 Å². The van der Waals surface area contributed by atoms with Crippen molar-refractivity contribution in [2.45, 2.75) is 17.9 Å². The first-order chi connectivity index (χ1) is 8.43. The van der Waals surface area contributed by atoms with Gasteiger partial charge in [-0.25, -0.2) is 8.42 Å². The summed E-state index contributed by atoms with van der Waals surface area (Å²) < 4.78 is 27.1. The number of hydrogen-bond acceptors (Lipinski definition) is 3. The van der Waals surface area contributed by atoms with Gasteiger partial charge in [-0.2, -0.15) is 4.31 Å². The molecule has 0 bridgehead atoms. The number of nitrogens with one attached hydrogen (secondary N) is 1. The number of piperazine rings is 1. The first kappa shape index (κ1) is 14.3. The van der Waals surface area contributed by atoms with Gasteiger partial charge in [0.05, 0.1) is 9.92 Å². The predicted octanol–water partition coefficient (Wildman–Crippen LogP) is 2.08. The lowest BCUT2D eigenvalue weighted by Gasteiger charge is -2.32. The first-order valence-corrected chi connectivity index (χ1v) is 8.21. The summed E-state index contributed by atoms with van der Waals surface area (Å²) in [5.74, 6) is 0. The van der Waals surface area contributed by atoms with Crippen LogP contribution in [0.5, 0.6) is 0 Å². The van der Waals surface area contributed by atoms with Gasteiger partial charge in [0.25, 0.3) is 0 Å². The standard InChI is InChI=1S/C11H14BrClN2O2S/c1-8-7-14-4-5-15(8)18(16,17)9-2-3-11(13)10(12)6-9/h2-3,6,8,14H,4-5,7H2,1H3/t8-/m0/s1. The minimum Gasteiger partial charge on any atom is -0.314 e. The molecule has 0 radical (unpaired) electrons. The zero-order valence-electron chi connectivity index (χ0n) is 9.86. The summed E-state index contributed by atoms with van der Waals surface area (Å²) in [4.78, 5) is 0.271. The molecule has 7 heteroatoms. The number of hydrogen-bond donors (Lipinski definition) is 1. The highest BCUT2D eigenvalue weighted by Gasteiger charge is 2.31. The van der Waals surface area contributed by atoms with Crippen molar-refractivity contribution in [3.05, 3.63) is 27.7 Å². The van der Waals surface area contributed by atoms with Crippen LogP contribution < -0.4 is 5.32 Å². The van der Waals surface area contributed by atoms with Crippen LogP contribution in [0.3, 0.4) is 0 Å². The number of benzene rings is 1. The molecule has 4 nitrogen and oxygen atoms in total. The van der Waals surface area contributed by atoms with Crippen molar-refractivity contribution in [3.8, 4) is 0 Å². The molecule has 1 saturated heterocycles. The van der Waals surface area contributed by atoms with E-state index in [1.165, 1.54) is 10.4 Å². The van der Waals surface area contributed by atoms with Crippen molar-refractivity contribution in [3.63, 3.8) is 0 Å². The van der Waals surface area contributed by atoms with Crippen molar-refractivity contribution in [2.75, 3.05) is 19.6 Å². The Labute approximate surface area is 120 Å². The quantitative estimate of drug-likeness (QED) is 0.885. The molecule has 0 aromatic heterocycles. The van der Waals surface area contributed by atoms with Crippen LogP contribution in [0.1, 0.15) is 6.92 Å². The van der Waals surface area contributed by atoms with Crippen LogP contribution in [0, 0.1) is 0 Å². The number of rotatable bonds is 2. The Morgan fingerprint density at radius 3 is 2.83 bits per heavy atom. The van der Waals surface area contributed by atoms with Crippen LogP contribution in [-0.2, 0) is 10.0 Å². The average Bonchev–Trinajstić information content (AvgIpc) is 2.33. The Morgan fingerprint density at radius 2 is 2.22 bits per heavy atom. The second kappa shape index (κ2) is 5.46. The van der Waals surface area contributed by atoms with Gasteiger partial charge in [0.15, 0.2) is 0 Å². The number of halogens is 2. The van der Waals surface area contributed by atoms with Crippen molar-refractivity contribution in [1.29, 1.82) is 0 Å². The molecule has 1 aromatic rings. The van der Waals surface area contributed by atoms with E-state index in [9.17, 15) is 8.42 Å². The van der Waals surface area contributed by atoms with Gasteiger partial charge < -0.3 is 5.32 Å². The van der Waals surface area contributed by atoms with Crippen LogP contribution in [0.4, 0.5) is 0 Å². The fourth-order valence-corrected chi connectivity index (χ4v) is 4.26. The van der Waals surface area contributed by atoms with Crippen molar-refractivity contribution < 1.29 is 8.42 Å². The minimum atomic E-state index is -3.45. The normalized spacial score (nSPS) is 22.1. The second-order valence-corrected chi connectivity index (χ2v) is 7.40. The van der Waals surface area contributed by atoms with Gasteiger partial charge in [-0.3, -0.25) is 0 Å². The molecule has 1 N–H and O–H groups in total. The van der Waals surface area contributed by atoms with E-state index in [1.54, 1.807) is 12.1 Å². The Kier molecular flexibility index (Phi) is 4.33. The monoisotopic (exact) mass is 352 g/mol. The molecule has 0 spiro atoms. The third-order valence-electron chi connectivity index (χ3n) is 2.94. The highest BCUT2D eigenvalue weighted by atomic mass is 79.9. The molecule has 1 aromatic carbocycles. The molecule has 100 valence electrons. The van der Waals surface area contributed by atoms with Gasteiger partial charge in [0.1, 0.15) is 0 Å². The zero-order valence-corrected chi connectivity index (χ0v) is 13.0. The lowest BCUT2D eigenvalue weighted by atomic mass is 10.3. The zero-order chi connectivity index (χ0) is 13.3. The lowest BCUT2D eigenvalue weighted by molar-refractivity contribution is 0.284. The maximum atomic E-state index is 12.5. The Hall–Kier alpha value is -0.140. The van der Waals surface area contributed by atoms with Gasteiger partial charge >= 0.3 is 0 Å². The van der Waals surface area contributed by atoms with Gasteiger partial charge in [0, 0.05) is 30.1 Å². The van der Waals surface area contributed by atoms with E-state index in [0.717, 1.165) is 0 Å². The molecule has 18 heavy (non-hydrogen) atoms. The molecule has 0 aliphatic carbocycles. The van der Waals surface area contributed by atoms with Crippen molar-refractivity contribution in [1.82, 2.24) is 9.62 Å². The first-order valence-electron chi connectivity index (χ1n) is 5.60. The molecule has 1 heterocycles. The topological polar surface area (TPSA) is 49.4 Å². The molecule has 0 amide bonds. The molecule has 1 aliphatic heterocycles. The maximum absolute atomic E-state index is 12.5. The van der Waals surface area contributed by atoms with E-state index in [0.29, 0.717) is 29.1 Å². The summed E-state index contributed by atoms with van der Waals surface area (Å²) in [5, 5.41) is 3.67. The predicted molar refractivity (Wildman–Crippen MR) is 75.4 cm³/mol. The summed E-state index contributed by atoms with van der Waals surface area (Å²) in [7, 11) is -3.45. The van der Waals surface area contributed by atoms with E-state index in [4.69, 9.17) is 11.6 Å². The van der Waals surface area contributed by atoms with E-state index in [1.807, 2.05) is 6.92 Å². The van der Waals surface area contributed by atoms with E-state index in [2.05, 4.69) is 21.2 Å². The molecule has 1 aliphatic rings. The molecule has 1 fully saturated rings. The van der Waals surface area contributed by atoms with Gasteiger partial charge in [-0.1, -0.05) is 11.6 Å². The Morgan fingerprint density at radius 1 is 1.50 bits per heavy atom. The van der Waals surface area contributed by atoms with Crippen LogP contribution in [0.25, 0.3) is 0 Å². The Bertz CT molecular complexity index is 550. The van der Waals surface area contributed by atoms with Crippen LogP contribution in [0.15, 0.2) is 27.6 Å². The third-order valence-corrected chi connectivity index (χ3v) is 6.16. The molecular weight excluding hydrogens is 340 g/mol. The molecule has 2 rings (SSSR count). The maximum Gasteiger partial charge on any atom is 0.243 e. The van der Waals surface area contributed by atoms with Gasteiger partial charge in [-0.05, 0) is 41.1 Å². The summed E-state index contributed by atoms with van der Waals surface area (Å²) >= 11 is 9.13. The fraction of sp³-hybridized carbons (Fsp3) is 0.455. The SMILES string of the molecule is C[C@H]1CNCCN1S(=O)(=O)c1ccc(Cl)c(Br)c1. The summed E-state index contributed by atoms with van der Waals surface area (Å²) in [5.41, 5.74) is 0. The van der Waals surface area contributed by atoms with Crippen LogP contribution in [0.2, 0.25) is 5.02 Å². The minimum absolute atomic E-state index is 0.0433. The molecule has 0 saturated carbocycles. The van der Waals surface area contributed by atoms with Crippen molar-refractivity contribution >= 4 is 37.6 Å².